The summed E-state index contributed by atoms with van der Waals surface area (Å²) in [4.78, 5) is 0. The zero-order valence-corrected chi connectivity index (χ0v) is 16.5. The minimum atomic E-state index is 0.937. The van der Waals surface area contributed by atoms with Gasteiger partial charge < -0.3 is 21.3 Å². The van der Waals surface area contributed by atoms with Crippen LogP contribution >= 0.6 is 0 Å². The molecule has 0 amide bonds. The van der Waals surface area contributed by atoms with Crippen LogP contribution < -0.4 is 21.3 Å². The smallest absolute Gasteiger partial charge is 0.00173 e. The summed E-state index contributed by atoms with van der Waals surface area (Å²) in [6.45, 7) is 13.9. The van der Waals surface area contributed by atoms with Crippen molar-refractivity contribution < 1.29 is 0 Å². The Morgan fingerprint density at radius 2 is 1.04 bits per heavy atom. The van der Waals surface area contributed by atoms with Gasteiger partial charge in [-0.05, 0) is 103 Å². The first-order chi connectivity index (χ1) is 11.9. The van der Waals surface area contributed by atoms with Gasteiger partial charge in [0.05, 0.1) is 0 Å². The summed E-state index contributed by atoms with van der Waals surface area (Å²) in [5, 5.41) is 14.2. The molecule has 0 spiro atoms. The second kappa shape index (κ2) is 16.3. The lowest BCUT2D eigenvalue weighted by Crippen LogP contribution is -2.24. The van der Waals surface area contributed by atoms with E-state index in [4.69, 9.17) is 0 Å². The van der Waals surface area contributed by atoms with E-state index in [1.807, 2.05) is 0 Å². The first-order valence-electron chi connectivity index (χ1n) is 10.7. The number of unbranched alkanes of at least 4 members (excludes halogenated alkanes) is 4. The van der Waals surface area contributed by atoms with E-state index in [-0.39, 0.29) is 0 Å². The van der Waals surface area contributed by atoms with Crippen LogP contribution in [0.4, 0.5) is 0 Å². The first-order valence-corrected chi connectivity index (χ1v) is 10.7. The molecule has 24 heavy (non-hydrogen) atoms. The molecule has 0 heterocycles. The maximum absolute atomic E-state index is 3.65. The number of hydrogen-bond acceptors (Lipinski definition) is 4. The van der Waals surface area contributed by atoms with Gasteiger partial charge in [-0.3, -0.25) is 0 Å². The van der Waals surface area contributed by atoms with Gasteiger partial charge in [0.25, 0.3) is 0 Å². The largest absolute Gasteiger partial charge is 0.317 e. The molecular formula is C20H44N4. The van der Waals surface area contributed by atoms with E-state index in [1.165, 1.54) is 97.2 Å². The molecule has 0 aromatic carbocycles. The highest BCUT2D eigenvalue weighted by atomic mass is 14.9. The molecule has 0 aliphatic heterocycles. The summed E-state index contributed by atoms with van der Waals surface area (Å²) in [5.74, 6) is 1.87. The van der Waals surface area contributed by atoms with Gasteiger partial charge in [-0.1, -0.05) is 26.7 Å². The van der Waals surface area contributed by atoms with Crippen LogP contribution in [-0.4, -0.2) is 52.4 Å². The van der Waals surface area contributed by atoms with Crippen molar-refractivity contribution in [3.8, 4) is 0 Å². The molecule has 144 valence electrons. The van der Waals surface area contributed by atoms with E-state index in [9.17, 15) is 0 Å². The third kappa shape index (κ3) is 13.2. The highest BCUT2D eigenvalue weighted by molar-refractivity contribution is 4.89. The molecule has 0 unspecified atom stereocenters. The van der Waals surface area contributed by atoms with Crippen LogP contribution in [0.3, 0.4) is 0 Å². The Kier molecular flexibility index (Phi) is 14.9. The fourth-order valence-electron chi connectivity index (χ4n) is 3.19. The van der Waals surface area contributed by atoms with Crippen molar-refractivity contribution in [3.63, 3.8) is 0 Å². The standard InChI is InChI=1S/C20H44N4/c1-3-5-6-12-22-13-8-10-15-24-18-20-16-19(20)17-23-14-9-7-11-21-4-2/h19-24H,3-18H2,1-2H3/t19-,20-/m1/s1. The molecule has 4 heteroatoms. The summed E-state index contributed by atoms with van der Waals surface area (Å²) >= 11 is 0. The van der Waals surface area contributed by atoms with E-state index in [0.717, 1.165) is 18.4 Å². The lowest BCUT2D eigenvalue weighted by Gasteiger charge is -2.07. The Balaban J connectivity index is 1.72. The normalized spacial score (nSPS) is 19.8. The minimum absolute atomic E-state index is 0.937. The van der Waals surface area contributed by atoms with Gasteiger partial charge in [-0.2, -0.15) is 0 Å². The Morgan fingerprint density at radius 1 is 0.583 bits per heavy atom. The summed E-state index contributed by atoms with van der Waals surface area (Å²) in [6.07, 6.45) is 10.7. The van der Waals surface area contributed by atoms with Gasteiger partial charge in [0.15, 0.2) is 0 Å². The van der Waals surface area contributed by atoms with Crippen molar-refractivity contribution >= 4 is 0 Å². The van der Waals surface area contributed by atoms with Crippen molar-refractivity contribution in [2.45, 2.75) is 65.2 Å². The SMILES string of the molecule is CCCCCNCCCCNC[C@H]1C[C@@H]1CNCCCCNCC. The zero-order valence-electron chi connectivity index (χ0n) is 16.5. The summed E-state index contributed by atoms with van der Waals surface area (Å²) in [5.41, 5.74) is 0. The topological polar surface area (TPSA) is 48.1 Å². The van der Waals surface area contributed by atoms with Crippen LogP contribution in [0, 0.1) is 11.8 Å². The molecule has 0 aromatic heterocycles. The van der Waals surface area contributed by atoms with Crippen molar-refractivity contribution in [1.82, 2.24) is 21.3 Å². The van der Waals surface area contributed by atoms with Crippen LogP contribution in [0.25, 0.3) is 0 Å². The molecule has 0 radical (unpaired) electrons. The molecule has 1 fully saturated rings. The fourth-order valence-corrected chi connectivity index (χ4v) is 3.19. The van der Waals surface area contributed by atoms with Gasteiger partial charge in [-0.15, -0.1) is 0 Å². The summed E-state index contributed by atoms with van der Waals surface area (Å²) in [7, 11) is 0. The number of nitrogens with one attached hydrogen (secondary N) is 4. The lowest BCUT2D eigenvalue weighted by atomic mass is 10.2. The minimum Gasteiger partial charge on any atom is -0.317 e. The summed E-state index contributed by atoms with van der Waals surface area (Å²) in [6, 6.07) is 0. The average Bonchev–Trinajstić information content (AvgIpc) is 3.34. The van der Waals surface area contributed by atoms with Gasteiger partial charge >= 0.3 is 0 Å². The average molecular weight is 341 g/mol. The van der Waals surface area contributed by atoms with E-state index in [2.05, 4.69) is 35.1 Å². The van der Waals surface area contributed by atoms with E-state index >= 15 is 0 Å². The fraction of sp³-hybridized carbons (Fsp3) is 1.00. The van der Waals surface area contributed by atoms with E-state index < -0.39 is 0 Å². The molecule has 0 bridgehead atoms. The molecule has 1 aliphatic carbocycles. The second-order valence-electron chi connectivity index (χ2n) is 7.39. The van der Waals surface area contributed by atoms with Gasteiger partial charge in [0.1, 0.15) is 0 Å². The Bertz CT molecular complexity index is 260. The van der Waals surface area contributed by atoms with Crippen LogP contribution in [0.15, 0.2) is 0 Å². The molecule has 1 saturated carbocycles. The quantitative estimate of drug-likeness (QED) is 0.273. The van der Waals surface area contributed by atoms with Gasteiger partial charge in [0, 0.05) is 0 Å². The molecule has 1 aliphatic rings. The maximum atomic E-state index is 3.65. The predicted molar refractivity (Wildman–Crippen MR) is 107 cm³/mol. The second-order valence-corrected chi connectivity index (χ2v) is 7.39. The van der Waals surface area contributed by atoms with Crippen LogP contribution in [0.2, 0.25) is 0 Å². The number of hydrogen-bond donors (Lipinski definition) is 4. The maximum Gasteiger partial charge on any atom is -0.00173 e. The van der Waals surface area contributed by atoms with Crippen molar-refractivity contribution in [2.24, 2.45) is 11.8 Å². The van der Waals surface area contributed by atoms with Crippen molar-refractivity contribution in [2.75, 3.05) is 52.4 Å². The van der Waals surface area contributed by atoms with Crippen LogP contribution in [0.1, 0.15) is 65.2 Å². The molecule has 4 nitrogen and oxygen atoms in total. The molecule has 1 rings (SSSR count). The van der Waals surface area contributed by atoms with Crippen molar-refractivity contribution in [3.05, 3.63) is 0 Å². The van der Waals surface area contributed by atoms with Crippen molar-refractivity contribution in [1.29, 1.82) is 0 Å². The third-order valence-corrected chi connectivity index (χ3v) is 5.00. The first kappa shape index (κ1) is 21.9. The Labute approximate surface area is 151 Å². The molecule has 0 aromatic rings. The zero-order chi connectivity index (χ0) is 17.3. The highest BCUT2D eigenvalue weighted by Crippen LogP contribution is 2.36. The highest BCUT2D eigenvalue weighted by Gasteiger charge is 2.35. The lowest BCUT2D eigenvalue weighted by molar-refractivity contribution is 0.527. The van der Waals surface area contributed by atoms with Crippen LogP contribution in [0.5, 0.6) is 0 Å². The summed E-state index contributed by atoms with van der Waals surface area (Å²) < 4.78 is 0. The molecular weight excluding hydrogens is 296 g/mol. The molecule has 0 saturated heterocycles. The van der Waals surface area contributed by atoms with Crippen LogP contribution in [-0.2, 0) is 0 Å². The van der Waals surface area contributed by atoms with Gasteiger partial charge in [0.2, 0.25) is 0 Å². The predicted octanol–water partition coefficient (Wildman–Crippen LogP) is 2.75. The van der Waals surface area contributed by atoms with E-state index in [0.29, 0.717) is 0 Å². The monoisotopic (exact) mass is 340 g/mol. The Hall–Kier alpha value is -0.160. The van der Waals surface area contributed by atoms with E-state index in [1.54, 1.807) is 0 Å². The molecule has 4 N–H and O–H groups in total. The van der Waals surface area contributed by atoms with Gasteiger partial charge in [-0.25, -0.2) is 0 Å². The number of rotatable bonds is 19. The molecule has 2 atom stereocenters. The Morgan fingerprint density at radius 3 is 1.54 bits per heavy atom. The third-order valence-electron chi connectivity index (χ3n) is 5.00.